The predicted molar refractivity (Wildman–Crippen MR) is 100 cm³/mol. The number of halogens is 1. The number of nitrogens with one attached hydrogen (secondary N) is 1. The number of hydrogen-bond donors (Lipinski definition) is 1. The Bertz CT molecular complexity index is 1050. The third-order valence-electron chi connectivity index (χ3n) is 5.95. The maximum absolute atomic E-state index is 13.1. The van der Waals surface area contributed by atoms with Crippen LogP contribution < -0.4 is 4.90 Å². The van der Waals surface area contributed by atoms with Crippen molar-refractivity contribution >= 4 is 23.3 Å². The maximum Gasteiger partial charge on any atom is 0.237 e. The van der Waals surface area contributed by atoms with Gasteiger partial charge in [-0.15, -0.1) is 0 Å². The van der Waals surface area contributed by atoms with Crippen molar-refractivity contribution in [1.29, 1.82) is 0 Å². The van der Waals surface area contributed by atoms with Crippen molar-refractivity contribution in [2.24, 2.45) is 11.3 Å². The zero-order valence-electron chi connectivity index (χ0n) is 14.8. The van der Waals surface area contributed by atoms with Gasteiger partial charge in [-0.1, -0.05) is 24.6 Å². The number of pyridine rings is 1. The second kappa shape index (κ2) is 5.60. The fraction of sp³-hybridized carbons (Fsp3) is 0.316. The number of aromatic amines is 1. The number of fused-ring (bicyclic) bond motifs is 1. The summed E-state index contributed by atoms with van der Waals surface area (Å²) in [6.07, 6.45) is 3.98. The van der Waals surface area contributed by atoms with Gasteiger partial charge in [-0.3, -0.25) is 14.8 Å². The van der Waals surface area contributed by atoms with Gasteiger partial charge in [0.25, 0.3) is 0 Å². The van der Waals surface area contributed by atoms with Crippen LogP contribution in [0.15, 0.2) is 36.7 Å². The van der Waals surface area contributed by atoms with E-state index in [4.69, 9.17) is 11.6 Å². The molecule has 1 saturated carbocycles. The number of hydrogen-bond acceptors (Lipinski definition) is 5. The van der Waals surface area contributed by atoms with E-state index in [1.165, 1.54) is 0 Å². The Balaban J connectivity index is 1.39. The quantitative estimate of drug-likeness (QED) is 0.555. The number of amides is 1. The largest absolute Gasteiger partial charge is 0.290 e. The van der Waals surface area contributed by atoms with E-state index in [1.807, 2.05) is 25.1 Å². The normalized spacial score (nSPS) is 25.9. The van der Waals surface area contributed by atoms with E-state index < -0.39 is 0 Å². The van der Waals surface area contributed by atoms with Crippen LogP contribution >= 0.6 is 11.6 Å². The van der Waals surface area contributed by atoms with E-state index in [2.05, 4.69) is 32.3 Å². The highest BCUT2D eigenvalue weighted by Crippen LogP contribution is 2.67. The second-order valence-electron chi connectivity index (χ2n) is 7.28. The molecule has 0 bridgehead atoms. The molecule has 1 amide bonds. The summed E-state index contributed by atoms with van der Waals surface area (Å²) in [5.41, 5.74) is 3.32. The van der Waals surface area contributed by atoms with Crippen molar-refractivity contribution in [3.05, 3.63) is 53.1 Å². The molecule has 5 rings (SSSR count). The average Bonchev–Trinajstić information content (AvgIpc) is 2.97. The maximum atomic E-state index is 13.1. The van der Waals surface area contributed by atoms with Crippen molar-refractivity contribution in [2.75, 3.05) is 4.90 Å². The van der Waals surface area contributed by atoms with Crippen LogP contribution in [0.25, 0.3) is 11.3 Å². The van der Waals surface area contributed by atoms with Gasteiger partial charge in [-0.2, -0.15) is 15.3 Å². The van der Waals surface area contributed by atoms with Crippen LogP contribution in [-0.2, 0) is 11.2 Å². The topological polar surface area (TPSA) is 87.7 Å². The molecule has 3 aromatic heterocycles. The highest BCUT2D eigenvalue weighted by molar-refractivity contribution is 6.29. The molecule has 2 fully saturated rings. The summed E-state index contributed by atoms with van der Waals surface area (Å²) in [6.45, 7) is 4.06. The Morgan fingerprint density at radius 1 is 1.30 bits per heavy atom. The second-order valence-corrected chi connectivity index (χ2v) is 7.66. The number of aromatic nitrogens is 5. The van der Waals surface area contributed by atoms with E-state index >= 15 is 0 Å². The first-order valence-electron chi connectivity index (χ1n) is 8.80. The van der Waals surface area contributed by atoms with Gasteiger partial charge in [0.1, 0.15) is 5.15 Å². The smallest absolute Gasteiger partial charge is 0.237 e. The van der Waals surface area contributed by atoms with Gasteiger partial charge in [0.05, 0.1) is 29.5 Å². The van der Waals surface area contributed by atoms with Gasteiger partial charge in [0.2, 0.25) is 5.91 Å². The minimum atomic E-state index is -0.336. The minimum Gasteiger partial charge on any atom is -0.290 e. The summed E-state index contributed by atoms with van der Waals surface area (Å²) in [5, 5.41) is 15.5. The van der Waals surface area contributed by atoms with Gasteiger partial charge in [-0.05, 0) is 37.0 Å². The molecule has 0 spiro atoms. The Hall–Kier alpha value is -2.80. The number of nitrogens with zero attached hydrogens (tertiary/aromatic N) is 5. The molecule has 27 heavy (non-hydrogen) atoms. The molecule has 0 aromatic carbocycles. The standard InChI is InChI=1S/C19H17ClN6O/c1-10-17-19(10,8-12-3-4-15(20)23-11(12)2)18(27)26(17)16-7-14(24-25-16)13-5-6-21-22-9-13/h3-7,9-10,17H,8H2,1-2H3,(H,24,25)/t10-,17?,19-/m0/s1. The fourth-order valence-corrected chi connectivity index (χ4v) is 4.54. The van der Waals surface area contributed by atoms with E-state index in [9.17, 15) is 4.79 Å². The van der Waals surface area contributed by atoms with E-state index in [1.54, 1.807) is 23.4 Å². The van der Waals surface area contributed by atoms with Gasteiger partial charge in [-0.25, -0.2) is 4.98 Å². The van der Waals surface area contributed by atoms with Crippen LogP contribution in [0, 0.1) is 18.3 Å². The number of rotatable bonds is 4. The van der Waals surface area contributed by atoms with E-state index in [-0.39, 0.29) is 23.3 Å². The number of anilines is 1. The molecule has 1 unspecified atom stereocenters. The molecule has 1 aliphatic heterocycles. The highest BCUT2D eigenvalue weighted by atomic mass is 35.5. The molecule has 2 aliphatic rings. The molecule has 136 valence electrons. The number of H-pyrrole nitrogens is 1. The number of β-lactam (4-membered cyclic amide) rings is 1. The van der Waals surface area contributed by atoms with Crippen molar-refractivity contribution in [2.45, 2.75) is 26.3 Å². The van der Waals surface area contributed by atoms with E-state index in [0.717, 1.165) is 22.5 Å². The molecule has 0 radical (unpaired) electrons. The van der Waals surface area contributed by atoms with Crippen molar-refractivity contribution in [1.82, 2.24) is 25.4 Å². The molecule has 3 aromatic rings. The molecule has 4 heterocycles. The molecular weight excluding hydrogens is 364 g/mol. The van der Waals surface area contributed by atoms with Gasteiger partial charge in [0, 0.05) is 17.3 Å². The van der Waals surface area contributed by atoms with Crippen LogP contribution in [-0.4, -0.2) is 37.3 Å². The average molecular weight is 381 g/mol. The number of carbonyl (C=O) groups is 1. The van der Waals surface area contributed by atoms with Crippen LogP contribution in [0.3, 0.4) is 0 Å². The summed E-state index contributed by atoms with van der Waals surface area (Å²) >= 11 is 5.95. The summed E-state index contributed by atoms with van der Waals surface area (Å²) in [7, 11) is 0. The van der Waals surface area contributed by atoms with Crippen LogP contribution in [0.1, 0.15) is 18.2 Å². The van der Waals surface area contributed by atoms with Crippen molar-refractivity contribution in [3.8, 4) is 11.3 Å². The Kier molecular flexibility index (Phi) is 3.40. The lowest BCUT2D eigenvalue weighted by Crippen LogP contribution is -2.53. The third kappa shape index (κ3) is 2.24. The summed E-state index contributed by atoms with van der Waals surface area (Å²) in [6, 6.07) is 7.67. The van der Waals surface area contributed by atoms with Gasteiger partial charge in [0.15, 0.2) is 5.82 Å². The Labute approximate surface area is 160 Å². The first-order valence-corrected chi connectivity index (χ1v) is 9.18. The van der Waals surface area contributed by atoms with Gasteiger partial charge >= 0.3 is 0 Å². The van der Waals surface area contributed by atoms with Gasteiger partial charge < -0.3 is 0 Å². The van der Waals surface area contributed by atoms with Crippen molar-refractivity contribution in [3.63, 3.8) is 0 Å². The Morgan fingerprint density at radius 3 is 2.85 bits per heavy atom. The molecular formula is C19H17ClN6O. The third-order valence-corrected chi connectivity index (χ3v) is 6.16. The highest BCUT2D eigenvalue weighted by Gasteiger charge is 2.79. The summed E-state index contributed by atoms with van der Waals surface area (Å²) in [4.78, 5) is 19.2. The Morgan fingerprint density at radius 2 is 2.15 bits per heavy atom. The zero-order valence-corrected chi connectivity index (χ0v) is 15.6. The molecule has 8 heteroatoms. The van der Waals surface area contributed by atoms with Crippen molar-refractivity contribution < 1.29 is 4.79 Å². The first kappa shape index (κ1) is 16.4. The lowest BCUT2D eigenvalue weighted by molar-refractivity contribution is -0.128. The number of aryl methyl sites for hydroxylation is 1. The first-order chi connectivity index (χ1) is 13.0. The molecule has 3 atom stereocenters. The summed E-state index contributed by atoms with van der Waals surface area (Å²) in [5.74, 6) is 1.06. The van der Waals surface area contributed by atoms with Crippen LogP contribution in [0.5, 0.6) is 0 Å². The molecule has 1 saturated heterocycles. The van der Waals surface area contributed by atoms with E-state index in [0.29, 0.717) is 17.4 Å². The molecule has 1 N–H and O–H groups in total. The summed E-state index contributed by atoms with van der Waals surface area (Å²) < 4.78 is 0. The predicted octanol–water partition coefficient (Wildman–Crippen LogP) is 2.82. The molecule has 7 nitrogen and oxygen atoms in total. The van der Waals surface area contributed by atoms with Crippen LogP contribution in [0.2, 0.25) is 5.15 Å². The number of carbonyl (C=O) groups excluding carboxylic acids is 1. The SMILES string of the molecule is Cc1nc(Cl)ccc1C[C@@]12C(=O)N(c3cc(-c4ccnnc4)[nH]n3)C1[C@@H]2C. The zero-order chi connectivity index (χ0) is 18.8. The lowest BCUT2D eigenvalue weighted by Gasteiger charge is -2.36. The fourth-order valence-electron chi connectivity index (χ4n) is 4.35. The molecule has 1 aliphatic carbocycles. The lowest BCUT2D eigenvalue weighted by atomic mass is 9.87. The minimum absolute atomic E-state index is 0.125. The van der Waals surface area contributed by atoms with Crippen LogP contribution in [0.4, 0.5) is 5.82 Å². The monoisotopic (exact) mass is 380 g/mol.